The Labute approximate surface area is 129 Å². The Morgan fingerprint density at radius 1 is 1.13 bits per heavy atom. The second kappa shape index (κ2) is 4.33. The molecule has 4 rings (SSSR count). The molecule has 2 aromatic carbocycles. The summed E-state index contributed by atoms with van der Waals surface area (Å²) < 4.78 is 1.22. The van der Waals surface area contributed by atoms with Crippen LogP contribution in [-0.4, -0.2) is 20.3 Å². The fourth-order valence-corrected chi connectivity index (χ4v) is 2.81. The van der Waals surface area contributed by atoms with Crippen molar-refractivity contribution in [3.8, 4) is 5.69 Å². The number of aromatic nitrogens is 2. The van der Waals surface area contributed by atoms with Crippen molar-refractivity contribution in [2.24, 2.45) is 0 Å². The van der Waals surface area contributed by atoms with Gasteiger partial charge >= 0.3 is 0 Å². The van der Waals surface area contributed by atoms with E-state index < -0.39 is 10.7 Å². The lowest BCUT2D eigenvalue weighted by molar-refractivity contribution is -0.384. The van der Waals surface area contributed by atoms with Crippen LogP contribution in [-0.2, 0) is 0 Å². The lowest BCUT2D eigenvalue weighted by Crippen LogP contribution is -2.21. The minimum absolute atomic E-state index is 0.0106. The van der Waals surface area contributed by atoms with Crippen LogP contribution < -0.4 is 5.56 Å². The first-order valence-corrected chi connectivity index (χ1v) is 6.84. The summed E-state index contributed by atoms with van der Waals surface area (Å²) in [6.45, 7) is 1.87. The molecule has 1 aliphatic heterocycles. The molecule has 0 spiro atoms. The van der Waals surface area contributed by atoms with Crippen LogP contribution in [0, 0.1) is 17.0 Å². The predicted octanol–water partition coefficient (Wildman–Crippen LogP) is 2.15. The summed E-state index contributed by atoms with van der Waals surface area (Å²) in [5.74, 6) is -0.493. The zero-order chi connectivity index (χ0) is 16.3. The highest BCUT2D eigenvalue weighted by atomic mass is 16.6. The van der Waals surface area contributed by atoms with E-state index in [-0.39, 0.29) is 22.6 Å². The van der Waals surface area contributed by atoms with E-state index in [0.717, 1.165) is 5.56 Å². The van der Waals surface area contributed by atoms with Gasteiger partial charge in [-0.25, -0.2) is 4.98 Å². The van der Waals surface area contributed by atoms with Crippen molar-refractivity contribution in [1.82, 2.24) is 9.55 Å². The molecule has 1 aromatic heterocycles. The minimum atomic E-state index is -0.577. The normalized spacial score (nSPS) is 12.3. The maximum atomic E-state index is 12.7. The monoisotopic (exact) mass is 307 g/mol. The van der Waals surface area contributed by atoms with Crippen LogP contribution in [0.4, 0.5) is 5.69 Å². The molecule has 7 heteroatoms. The number of rotatable bonds is 1. The Bertz CT molecular complexity index is 1100. The first-order valence-electron chi connectivity index (χ1n) is 6.84. The number of non-ortho nitro benzene ring substituents is 1. The average molecular weight is 307 g/mol. The van der Waals surface area contributed by atoms with Crippen LogP contribution in [0.15, 0.2) is 41.2 Å². The Morgan fingerprint density at radius 3 is 2.65 bits per heavy atom. The van der Waals surface area contributed by atoms with Gasteiger partial charge in [0, 0.05) is 12.1 Å². The smallest absolute Gasteiger partial charge is 0.270 e. The number of benzene rings is 2. The average Bonchev–Trinajstić information content (AvgIpc) is 2.80. The number of nitro benzene ring substituents is 1. The molecular formula is C16H9N3O4. The Hall–Kier alpha value is -3.35. The molecule has 112 valence electrons. The van der Waals surface area contributed by atoms with Crippen LogP contribution in [0.3, 0.4) is 0 Å². The summed E-state index contributed by atoms with van der Waals surface area (Å²) in [5, 5.41) is 11.3. The van der Waals surface area contributed by atoms with Gasteiger partial charge in [0.05, 0.1) is 27.1 Å². The van der Waals surface area contributed by atoms with Crippen LogP contribution in [0.5, 0.6) is 0 Å². The van der Waals surface area contributed by atoms with Crippen LogP contribution in [0.25, 0.3) is 16.6 Å². The zero-order valence-electron chi connectivity index (χ0n) is 11.9. The van der Waals surface area contributed by atoms with E-state index in [4.69, 9.17) is 0 Å². The zero-order valence-corrected chi connectivity index (χ0v) is 11.9. The Kier molecular flexibility index (Phi) is 2.51. The highest BCUT2D eigenvalue weighted by Crippen LogP contribution is 2.29. The number of fused-ring (bicyclic) bond motifs is 4. The van der Waals surface area contributed by atoms with E-state index in [1.165, 1.54) is 22.8 Å². The standard InChI is InChI=1S/C16H9N3O4/c1-8-2-4-10-12(6-8)17-15-14(20)11-7-9(19(22)23)3-5-13(11)18(15)16(10)21/h2-7H,1H3. The largest absolute Gasteiger partial charge is 0.285 e. The van der Waals surface area contributed by atoms with E-state index in [2.05, 4.69) is 4.98 Å². The van der Waals surface area contributed by atoms with Gasteiger partial charge in [0.25, 0.3) is 11.2 Å². The number of nitrogens with zero attached hydrogens (tertiary/aromatic N) is 3. The summed E-state index contributed by atoms with van der Waals surface area (Å²) >= 11 is 0. The third-order valence-corrected chi connectivity index (χ3v) is 3.90. The first-order chi connectivity index (χ1) is 11.0. The molecule has 1 aliphatic rings. The van der Waals surface area contributed by atoms with Crippen molar-refractivity contribution in [3.63, 3.8) is 0 Å². The molecule has 0 radical (unpaired) electrons. The molecule has 23 heavy (non-hydrogen) atoms. The number of ketones is 1. The van der Waals surface area contributed by atoms with Gasteiger partial charge in [-0.1, -0.05) is 6.07 Å². The second-order valence-corrected chi connectivity index (χ2v) is 5.38. The van der Waals surface area contributed by atoms with Crippen LogP contribution in [0.1, 0.15) is 21.7 Å². The molecule has 0 N–H and O–H groups in total. The fourth-order valence-electron chi connectivity index (χ4n) is 2.81. The highest BCUT2D eigenvalue weighted by molar-refractivity contribution is 6.13. The van der Waals surface area contributed by atoms with Gasteiger partial charge in [-0.2, -0.15) is 0 Å². The van der Waals surface area contributed by atoms with Gasteiger partial charge in [-0.15, -0.1) is 0 Å². The van der Waals surface area contributed by atoms with Crippen LogP contribution >= 0.6 is 0 Å². The van der Waals surface area contributed by atoms with Gasteiger partial charge in [0.2, 0.25) is 5.78 Å². The number of hydrogen-bond donors (Lipinski definition) is 0. The van der Waals surface area contributed by atoms with Crippen molar-refractivity contribution in [1.29, 1.82) is 0 Å². The molecule has 0 bridgehead atoms. The van der Waals surface area contributed by atoms with E-state index >= 15 is 0 Å². The lowest BCUT2D eigenvalue weighted by Gasteiger charge is -2.05. The Balaban J connectivity index is 2.09. The molecule has 0 unspecified atom stereocenters. The number of hydrogen-bond acceptors (Lipinski definition) is 5. The maximum absolute atomic E-state index is 12.7. The summed E-state index contributed by atoms with van der Waals surface area (Å²) in [6.07, 6.45) is 0. The number of aryl methyl sites for hydroxylation is 1. The third-order valence-electron chi connectivity index (χ3n) is 3.90. The maximum Gasteiger partial charge on any atom is 0.270 e. The molecule has 0 amide bonds. The third kappa shape index (κ3) is 1.73. The number of nitro groups is 1. The summed E-state index contributed by atoms with van der Waals surface area (Å²) in [5.41, 5.74) is 1.26. The number of carbonyl (C=O) groups excluding carboxylic acids is 1. The molecule has 0 saturated carbocycles. The quantitative estimate of drug-likeness (QED) is 0.396. The molecule has 0 aliphatic carbocycles. The predicted molar refractivity (Wildman–Crippen MR) is 82.2 cm³/mol. The van der Waals surface area contributed by atoms with Gasteiger partial charge in [-0.3, -0.25) is 24.3 Å². The molecule has 0 fully saturated rings. The second-order valence-electron chi connectivity index (χ2n) is 5.38. The minimum Gasteiger partial charge on any atom is -0.285 e. The molecule has 7 nitrogen and oxygen atoms in total. The van der Waals surface area contributed by atoms with Crippen molar-refractivity contribution >= 4 is 22.4 Å². The summed E-state index contributed by atoms with van der Waals surface area (Å²) in [7, 11) is 0. The lowest BCUT2D eigenvalue weighted by atomic mass is 10.1. The highest BCUT2D eigenvalue weighted by Gasteiger charge is 2.31. The SMILES string of the molecule is Cc1ccc2c(=O)n3c(nc2c1)C(=O)c1cc([N+](=O)[O-])ccc1-3. The summed E-state index contributed by atoms with van der Waals surface area (Å²) in [6, 6.07) is 9.06. The van der Waals surface area contributed by atoms with E-state index in [1.807, 2.05) is 6.92 Å². The van der Waals surface area contributed by atoms with Gasteiger partial charge < -0.3 is 0 Å². The molecule has 3 aromatic rings. The van der Waals surface area contributed by atoms with Crippen molar-refractivity contribution in [2.45, 2.75) is 6.92 Å². The Morgan fingerprint density at radius 2 is 1.91 bits per heavy atom. The molecule has 2 heterocycles. The molecular weight excluding hydrogens is 298 g/mol. The first kappa shape index (κ1) is 13.3. The van der Waals surface area contributed by atoms with Crippen LogP contribution in [0.2, 0.25) is 0 Å². The van der Waals surface area contributed by atoms with Crippen molar-refractivity contribution < 1.29 is 9.72 Å². The van der Waals surface area contributed by atoms with Gasteiger partial charge in [0.1, 0.15) is 0 Å². The van der Waals surface area contributed by atoms with Crippen molar-refractivity contribution in [3.05, 3.63) is 73.8 Å². The fraction of sp³-hybridized carbons (Fsp3) is 0.0625. The van der Waals surface area contributed by atoms with E-state index in [0.29, 0.717) is 16.6 Å². The topological polar surface area (TPSA) is 95.1 Å². The van der Waals surface area contributed by atoms with Crippen molar-refractivity contribution in [2.75, 3.05) is 0 Å². The van der Waals surface area contributed by atoms with E-state index in [1.54, 1.807) is 18.2 Å². The van der Waals surface area contributed by atoms with Gasteiger partial charge in [-0.05, 0) is 30.7 Å². The van der Waals surface area contributed by atoms with E-state index in [9.17, 15) is 19.7 Å². The summed E-state index contributed by atoms with van der Waals surface area (Å²) in [4.78, 5) is 39.8. The van der Waals surface area contributed by atoms with Gasteiger partial charge in [0.15, 0.2) is 5.82 Å². The molecule has 0 atom stereocenters. The number of carbonyl (C=O) groups is 1. The molecule has 0 saturated heterocycles.